The Labute approximate surface area is 233 Å². The highest BCUT2D eigenvalue weighted by atomic mass is 16.6. The highest BCUT2D eigenvalue weighted by molar-refractivity contribution is 5.74. The van der Waals surface area contributed by atoms with Crippen molar-refractivity contribution in [3.05, 3.63) is 82.7 Å². The first-order valence-electron chi connectivity index (χ1n) is 12.5. The lowest BCUT2D eigenvalue weighted by molar-refractivity contribution is -0.136. The molecule has 9 heteroatoms. The minimum atomic E-state index is -0.591. The van der Waals surface area contributed by atoms with Gasteiger partial charge in [-0.05, 0) is 46.9 Å². The molecule has 1 aliphatic rings. The third kappa shape index (κ3) is 5.76. The minimum Gasteiger partial charge on any atom is -0.493 e. The molecule has 9 nitrogen and oxygen atoms in total. The predicted molar refractivity (Wildman–Crippen MR) is 148 cm³/mol. The number of methoxy groups -OCH3 is 3. The van der Waals surface area contributed by atoms with E-state index in [4.69, 9.17) is 34.2 Å². The van der Waals surface area contributed by atoms with E-state index in [9.17, 15) is 10.1 Å². The Morgan fingerprint density at radius 1 is 0.950 bits per heavy atom. The van der Waals surface area contributed by atoms with E-state index in [-0.39, 0.29) is 29.2 Å². The number of fused-ring (bicyclic) bond motifs is 1. The zero-order chi connectivity index (χ0) is 29.0. The number of carbonyl (C=O) groups excluding carboxylic acids is 1. The van der Waals surface area contributed by atoms with Crippen LogP contribution in [0.15, 0.2) is 66.1 Å². The monoisotopic (exact) mass is 544 g/mol. The maximum absolute atomic E-state index is 12.5. The van der Waals surface area contributed by atoms with Crippen molar-refractivity contribution in [2.45, 2.75) is 32.1 Å². The van der Waals surface area contributed by atoms with Gasteiger partial charge in [0.2, 0.25) is 11.6 Å². The molecule has 0 spiro atoms. The van der Waals surface area contributed by atoms with E-state index in [2.05, 4.69) is 26.8 Å². The summed E-state index contributed by atoms with van der Waals surface area (Å²) in [7, 11) is 4.54. The Morgan fingerprint density at radius 2 is 1.57 bits per heavy atom. The Morgan fingerprint density at radius 3 is 2.12 bits per heavy atom. The van der Waals surface area contributed by atoms with E-state index in [1.165, 1.54) is 21.3 Å². The largest absolute Gasteiger partial charge is 0.493 e. The lowest BCUT2D eigenvalue weighted by Gasteiger charge is -2.27. The third-order valence-corrected chi connectivity index (χ3v) is 6.52. The number of hydrogen-bond donors (Lipinski definition) is 1. The van der Waals surface area contributed by atoms with Crippen LogP contribution in [0.1, 0.15) is 43.4 Å². The molecule has 208 valence electrons. The van der Waals surface area contributed by atoms with E-state index in [1.807, 2.05) is 24.3 Å². The second-order valence-corrected chi connectivity index (χ2v) is 10.1. The number of benzene rings is 3. The lowest BCUT2D eigenvalue weighted by atomic mass is 9.83. The topological polar surface area (TPSA) is 122 Å². The van der Waals surface area contributed by atoms with Gasteiger partial charge in [0.1, 0.15) is 28.9 Å². The number of nitriles is 1. The predicted octanol–water partition coefficient (Wildman–Crippen LogP) is 5.21. The quantitative estimate of drug-likeness (QED) is 0.301. The van der Waals surface area contributed by atoms with E-state index < -0.39 is 11.9 Å². The van der Waals surface area contributed by atoms with Gasteiger partial charge in [0.15, 0.2) is 18.1 Å². The highest BCUT2D eigenvalue weighted by Crippen LogP contribution is 2.47. The van der Waals surface area contributed by atoms with Gasteiger partial charge >= 0.3 is 5.97 Å². The van der Waals surface area contributed by atoms with E-state index >= 15 is 0 Å². The van der Waals surface area contributed by atoms with Crippen molar-refractivity contribution >= 4 is 5.97 Å². The van der Waals surface area contributed by atoms with E-state index in [1.54, 1.807) is 30.3 Å². The molecule has 1 atom stereocenters. The van der Waals surface area contributed by atoms with E-state index in [0.29, 0.717) is 39.9 Å². The summed E-state index contributed by atoms with van der Waals surface area (Å²) in [6.07, 6.45) is 0. The Kier molecular flexibility index (Phi) is 8.10. The van der Waals surface area contributed by atoms with Crippen LogP contribution in [0.4, 0.5) is 0 Å². The summed E-state index contributed by atoms with van der Waals surface area (Å²) in [5.41, 5.74) is 8.87. The molecule has 0 saturated carbocycles. The summed E-state index contributed by atoms with van der Waals surface area (Å²) in [6, 6.07) is 18.2. The molecule has 0 fully saturated rings. The van der Waals surface area contributed by atoms with Crippen molar-refractivity contribution in [2.24, 2.45) is 5.73 Å². The average Bonchev–Trinajstić information content (AvgIpc) is 2.94. The molecule has 0 aliphatic carbocycles. The van der Waals surface area contributed by atoms with Gasteiger partial charge < -0.3 is 34.2 Å². The molecule has 2 N–H and O–H groups in total. The Balaban J connectivity index is 1.56. The normalized spacial score (nSPS) is 14.4. The fourth-order valence-corrected chi connectivity index (χ4v) is 4.46. The number of ether oxygens (including phenoxy) is 6. The summed E-state index contributed by atoms with van der Waals surface area (Å²) in [4.78, 5) is 12.5. The van der Waals surface area contributed by atoms with E-state index in [0.717, 1.165) is 5.56 Å². The second kappa shape index (κ2) is 11.5. The molecule has 0 amide bonds. The van der Waals surface area contributed by atoms with Gasteiger partial charge in [-0.3, -0.25) is 0 Å². The molecule has 3 aromatic carbocycles. The maximum atomic E-state index is 12.5. The number of nitrogens with zero attached hydrogens (tertiary/aromatic N) is 1. The van der Waals surface area contributed by atoms with Gasteiger partial charge in [-0.25, -0.2) is 4.79 Å². The van der Waals surface area contributed by atoms with Crippen molar-refractivity contribution in [2.75, 3.05) is 27.9 Å². The van der Waals surface area contributed by atoms with Gasteiger partial charge in [0.25, 0.3) is 0 Å². The Hall–Kier alpha value is -4.84. The molecule has 3 aromatic rings. The van der Waals surface area contributed by atoms with Crippen molar-refractivity contribution in [3.8, 4) is 40.6 Å². The van der Waals surface area contributed by atoms with Crippen LogP contribution >= 0.6 is 0 Å². The smallest absolute Gasteiger partial charge is 0.349 e. The number of nitrogens with two attached hydrogens (primary N) is 1. The summed E-state index contributed by atoms with van der Waals surface area (Å²) < 4.78 is 33.3. The fraction of sp³-hybridized carbons (Fsp3) is 0.290. The van der Waals surface area contributed by atoms with Crippen LogP contribution in [0.25, 0.3) is 0 Å². The summed E-state index contributed by atoms with van der Waals surface area (Å²) in [5, 5.41) is 9.92. The van der Waals surface area contributed by atoms with Gasteiger partial charge in [0.05, 0.1) is 27.2 Å². The molecule has 1 heterocycles. The first-order chi connectivity index (χ1) is 19.1. The first kappa shape index (κ1) is 28.2. The van der Waals surface area contributed by atoms with Crippen LogP contribution in [-0.4, -0.2) is 33.9 Å². The number of hydrogen-bond acceptors (Lipinski definition) is 9. The second-order valence-electron chi connectivity index (χ2n) is 10.1. The van der Waals surface area contributed by atoms with Crippen molar-refractivity contribution in [1.82, 2.24) is 0 Å². The fourth-order valence-electron chi connectivity index (χ4n) is 4.46. The van der Waals surface area contributed by atoms with Crippen LogP contribution in [0.5, 0.6) is 34.5 Å². The Bertz CT molecular complexity index is 1460. The zero-order valence-electron chi connectivity index (χ0n) is 23.4. The van der Waals surface area contributed by atoms with Crippen LogP contribution in [0.2, 0.25) is 0 Å². The number of allylic oxidation sites excluding steroid dienone is 1. The van der Waals surface area contributed by atoms with Crippen molar-refractivity contribution in [3.63, 3.8) is 0 Å². The SMILES string of the molecule is COc1cc(C2C(C#N)=C(N)Oc3cc(OC(=O)COc4ccc(C(C)(C)C)cc4)ccc32)cc(OC)c1OC. The molecule has 0 aromatic heterocycles. The maximum Gasteiger partial charge on any atom is 0.349 e. The van der Waals surface area contributed by atoms with Gasteiger partial charge in [-0.2, -0.15) is 5.26 Å². The minimum absolute atomic E-state index is 0.0170. The van der Waals surface area contributed by atoms with Crippen molar-refractivity contribution < 1.29 is 33.2 Å². The lowest BCUT2D eigenvalue weighted by Crippen LogP contribution is -2.22. The third-order valence-electron chi connectivity index (χ3n) is 6.52. The molecule has 0 radical (unpaired) electrons. The number of rotatable bonds is 8. The molecular formula is C31H32N2O7. The summed E-state index contributed by atoms with van der Waals surface area (Å²) in [5.74, 6) is 1.20. The molecule has 4 rings (SSSR count). The average molecular weight is 545 g/mol. The van der Waals surface area contributed by atoms with Crippen LogP contribution in [0.3, 0.4) is 0 Å². The molecule has 0 bridgehead atoms. The summed E-state index contributed by atoms with van der Waals surface area (Å²) in [6.45, 7) is 6.10. The van der Waals surface area contributed by atoms with Crippen LogP contribution in [0, 0.1) is 11.3 Å². The van der Waals surface area contributed by atoms with Crippen molar-refractivity contribution in [1.29, 1.82) is 5.26 Å². The molecule has 1 aliphatic heterocycles. The van der Waals surface area contributed by atoms with Crippen LogP contribution in [-0.2, 0) is 10.2 Å². The number of esters is 1. The van der Waals surface area contributed by atoms with Gasteiger partial charge in [-0.1, -0.05) is 39.0 Å². The van der Waals surface area contributed by atoms with Crippen LogP contribution < -0.4 is 34.2 Å². The highest BCUT2D eigenvalue weighted by Gasteiger charge is 2.32. The molecule has 40 heavy (non-hydrogen) atoms. The standard InChI is InChI=1S/C31H32N2O7/c1-31(2,3)19-7-9-20(10-8-19)38-17-27(34)39-21-11-12-22-24(15-21)40-30(33)23(16-32)28(22)18-13-25(35-4)29(37-6)26(14-18)36-5/h7-15,28H,17,33H2,1-6H3. The first-order valence-corrected chi connectivity index (χ1v) is 12.5. The molecular weight excluding hydrogens is 512 g/mol. The molecule has 1 unspecified atom stereocenters. The zero-order valence-corrected chi connectivity index (χ0v) is 23.4. The van der Waals surface area contributed by atoms with Gasteiger partial charge in [-0.15, -0.1) is 0 Å². The number of carbonyl (C=O) groups is 1. The molecule has 0 saturated heterocycles. The summed E-state index contributed by atoms with van der Waals surface area (Å²) >= 11 is 0. The van der Waals surface area contributed by atoms with Gasteiger partial charge in [0, 0.05) is 11.6 Å².